The molecule has 0 amide bonds. The van der Waals surface area contributed by atoms with Crippen LogP contribution in [-0.4, -0.2) is 0 Å². The number of rotatable bonds is 5. The van der Waals surface area contributed by atoms with Crippen molar-refractivity contribution in [2.45, 2.75) is 0 Å². The third kappa shape index (κ3) is 4.86. The Labute approximate surface area is 310 Å². The van der Waals surface area contributed by atoms with Gasteiger partial charge in [0, 0.05) is 10.8 Å². The molecule has 0 saturated carbocycles. The highest BCUT2D eigenvalue weighted by Crippen LogP contribution is 2.48. The van der Waals surface area contributed by atoms with Gasteiger partial charge in [0.2, 0.25) is 0 Å². The lowest BCUT2D eigenvalue weighted by Gasteiger charge is -2.20. The van der Waals surface area contributed by atoms with Crippen LogP contribution < -0.4 is 0 Å². The maximum Gasteiger partial charge on any atom is 0.136 e. The van der Waals surface area contributed by atoms with Gasteiger partial charge in [-0.3, -0.25) is 0 Å². The Morgan fingerprint density at radius 1 is 0.333 bits per heavy atom. The molecule has 1 heterocycles. The molecule has 0 unspecified atom stereocenters. The molecule has 1 aromatic heterocycles. The SMILES string of the molecule is [2H]c1c([2H])c(-c2ccccc2-c2c3ccccc3c(-c3c([2H])c([2H])c([2H])c4oc5c([2H])c([2H])c(-c6ccccc6)c([2H])c5c34)c3ccccc23)c([2H])c([2H])c1-c1ccccc1. The quantitative estimate of drug-likeness (QED) is 0.168. The van der Waals surface area contributed by atoms with E-state index in [2.05, 4.69) is 0 Å². The van der Waals surface area contributed by atoms with Crippen LogP contribution in [0.4, 0.5) is 0 Å². The van der Waals surface area contributed by atoms with E-state index < -0.39 is 0 Å². The fourth-order valence-electron chi connectivity index (χ4n) is 7.19. The van der Waals surface area contributed by atoms with E-state index in [1.165, 1.54) is 0 Å². The molecule has 9 aromatic carbocycles. The summed E-state index contributed by atoms with van der Waals surface area (Å²) in [7, 11) is 0. The van der Waals surface area contributed by atoms with E-state index in [1.54, 1.807) is 54.6 Å². The average Bonchev–Trinajstić information content (AvgIpc) is 3.69. The molecular weight excluding hydrogens is 617 g/mol. The van der Waals surface area contributed by atoms with Crippen LogP contribution in [0, 0.1) is 0 Å². The average molecular weight is 659 g/mol. The van der Waals surface area contributed by atoms with Crippen molar-refractivity contribution < 1.29 is 18.1 Å². The van der Waals surface area contributed by atoms with Crippen molar-refractivity contribution in [2.24, 2.45) is 0 Å². The summed E-state index contributed by atoms with van der Waals surface area (Å²) in [6, 6.07) is 38.3. The van der Waals surface area contributed by atoms with Gasteiger partial charge >= 0.3 is 0 Å². The van der Waals surface area contributed by atoms with E-state index in [0.717, 1.165) is 16.3 Å². The second kappa shape index (κ2) is 12.0. The van der Waals surface area contributed by atoms with Crippen LogP contribution >= 0.6 is 0 Å². The zero-order valence-corrected chi connectivity index (χ0v) is 27.1. The van der Waals surface area contributed by atoms with E-state index in [9.17, 15) is 5.48 Å². The van der Waals surface area contributed by atoms with Crippen molar-refractivity contribution >= 4 is 43.5 Å². The van der Waals surface area contributed by atoms with Crippen molar-refractivity contribution in [1.82, 2.24) is 0 Å². The molecule has 0 bridgehead atoms. The molecule has 0 aliphatic heterocycles. The third-order valence-corrected chi connectivity index (χ3v) is 9.47. The highest BCUT2D eigenvalue weighted by molar-refractivity contribution is 6.26. The summed E-state index contributed by atoms with van der Waals surface area (Å²) < 4.78 is 98.3. The van der Waals surface area contributed by atoms with Gasteiger partial charge in [-0.15, -0.1) is 0 Å². The Balaban J connectivity index is 1.33. The van der Waals surface area contributed by atoms with E-state index in [1.807, 2.05) is 78.9 Å². The van der Waals surface area contributed by atoms with Crippen molar-refractivity contribution in [1.29, 1.82) is 0 Å². The Morgan fingerprint density at radius 3 is 1.45 bits per heavy atom. The van der Waals surface area contributed by atoms with Gasteiger partial charge in [0.05, 0.1) is 13.7 Å². The predicted octanol–water partition coefficient (Wildman–Crippen LogP) is 14.2. The fourth-order valence-corrected chi connectivity index (χ4v) is 7.19. The first-order valence-corrected chi connectivity index (χ1v) is 16.7. The van der Waals surface area contributed by atoms with Crippen LogP contribution in [0.3, 0.4) is 0 Å². The summed E-state index contributed by atoms with van der Waals surface area (Å²) >= 11 is 0. The first-order valence-electron chi connectivity index (χ1n) is 21.7. The molecule has 0 atom stereocenters. The summed E-state index contributed by atoms with van der Waals surface area (Å²) in [5.41, 5.74) is 4.33. The Hall–Kier alpha value is -6.70. The van der Waals surface area contributed by atoms with Crippen LogP contribution in [0.15, 0.2) is 198 Å². The molecule has 0 aliphatic carbocycles. The summed E-state index contributed by atoms with van der Waals surface area (Å²) in [5, 5.41) is 3.22. The number of benzene rings is 9. The lowest BCUT2D eigenvalue weighted by molar-refractivity contribution is 0.669. The molecule has 51 heavy (non-hydrogen) atoms. The van der Waals surface area contributed by atoms with Crippen LogP contribution in [-0.2, 0) is 0 Å². The zero-order valence-electron chi connectivity index (χ0n) is 37.1. The van der Waals surface area contributed by atoms with Crippen molar-refractivity contribution in [2.75, 3.05) is 0 Å². The molecule has 0 aliphatic rings. The lowest BCUT2D eigenvalue weighted by Crippen LogP contribution is -1.93. The number of hydrogen-bond acceptors (Lipinski definition) is 1. The highest BCUT2D eigenvalue weighted by Gasteiger charge is 2.21. The maximum absolute atomic E-state index is 9.58. The molecule has 0 radical (unpaired) electrons. The molecule has 10 rings (SSSR count). The van der Waals surface area contributed by atoms with Crippen molar-refractivity contribution in [3.8, 4) is 55.6 Å². The second-order valence-electron chi connectivity index (χ2n) is 12.4. The molecular formula is C50H32O. The summed E-state index contributed by atoms with van der Waals surface area (Å²) in [4.78, 5) is 0. The Kier molecular flexibility index (Phi) is 4.88. The largest absolute Gasteiger partial charge is 0.456 e. The van der Waals surface area contributed by atoms with Crippen LogP contribution in [0.5, 0.6) is 0 Å². The maximum atomic E-state index is 9.58. The minimum absolute atomic E-state index is 0.0532. The molecule has 0 N–H and O–H groups in total. The topological polar surface area (TPSA) is 13.1 Å². The standard InChI is InChI=1S/C50H32O/c1-3-14-33(15-4-1)35-26-28-36(29-27-35)38-18-7-8-19-39(38)48-40-20-9-11-22-42(40)49(43-23-12-10-21-41(43)48)44-24-13-25-47-50(44)45-32-37(30-31-46(45)51-47)34-16-5-2-6-17-34/h1-32H/i13D,24D,25D,26D,27D,28D,29D,30D,31D,32D. The molecule has 238 valence electrons. The molecule has 0 saturated heterocycles. The van der Waals surface area contributed by atoms with Gasteiger partial charge in [-0.1, -0.05) is 176 Å². The van der Waals surface area contributed by atoms with Crippen molar-refractivity contribution in [3.05, 3.63) is 194 Å². The first kappa shape index (κ1) is 20.7. The van der Waals surface area contributed by atoms with Gasteiger partial charge in [-0.25, -0.2) is 0 Å². The van der Waals surface area contributed by atoms with E-state index in [0.29, 0.717) is 38.6 Å². The summed E-state index contributed by atoms with van der Waals surface area (Å²) in [5.74, 6) is 0. The van der Waals surface area contributed by atoms with Crippen LogP contribution in [0.1, 0.15) is 13.7 Å². The minimum atomic E-state index is -0.390. The van der Waals surface area contributed by atoms with Gasteiger partial charge in [-0.05, 0) is 95.3 Å². The first-order chi connectivity index (χ1) is 29.5. The molecule has 0 spiro atoms. The van der Waals surface area contributed by atoms with Gasteiger partial charge < -0.3 is 4.42 Å². The van der Waals surface area contributed by atoms with Crippen molar-refractivity contribution in [3.63, 3.8) is 0 Å². The van der Waals surface area contributed by atoms with Gasteiger partial charge in [0.15, 0.2) is 0 Å². The second-order valence-corrected chi connectivity index (χ2v) is 12.4. The number of furan rings is 1. The summed E-state index contributed by atoms with van der Waals surface area (Å²) in [6.45, 7) is 0. The lowest BCUT2D eigenvalue weighted by atomic mass is 9.83. The zero-order chi connectivity index (χ0) is 42.4. The molecule has 0 fully saturated rings. The molecule has 10 aromatic rings. The van der Waals surface area contributed by atoms with Gasteiger partial charge in [-0.2, -0.15) is 0 Å². The Bertz CT molecular complexity index is 3380. The molecule has 1 heteroatoms. The Morgan fingerprint density at radius 2 is 0.824 bits per heavy atom. The normalized spacial score (nSPS) is 14.3. The smallest absolute Gasteiger partial charge is 0.136 e. The van der Waals surface area contributed by atoms with Crippen LogP contribution in [0.25, 0.3) is 99.1 Å². The van der Waals surface area contributed by atoms with E-state index in [-0.39, 0.29) is 105 Å². The fraction of sp³-hybridized carbons (Fsp3) is 0. The number of hydrogen-bond donors (Lipinski definition) is 0. The van der Waals surface area contributed by atoms with Crippen LogP contribution in [0.2, 0.25) is 0 Å². The van der Waals surface area contributed by atoms with Gasteiger partial charge in [0.25, 0.3) is 0 Å². The van der Waals surface area contributed by atoms with E-state index in [4.69, 9.17) is 12.6 Å². The third-order valence-electron chi connectivity index (χ3n) is 9.47. The summed E-state index contributed by atoms with van der Waals surface area (Å²) in [6.07, 6.45) is 0. The number of fused-ring (bicyclic) bond motifs is 5. The monoisotopic (exact) mass is 658 g/mol. The van der Waals surface area contributed by atoms with Gasteiger partial charge in [0.1, 0.15) is 11.2 Å². The predicted molar refractivity (Wildman–Crippen MR) is 216 cm³/mol. The van der Waals surface area contributed by atoms with E-state index >= 15 is 0 Å². The highest BCUT2D eigenvalue weighted by atomic mass is 16.3. The minimum Gasteiger partial charge on any atom is -0.456 e. The molecule has 1 nitrogen and oxygen atoms in total.